The first-order valence-electron chi connectivity index (χ1n) is 29.2. The predicted octanol–water partition coefficient (Wildman–Crippen LogP) is 17.8. The first-order chi connectivity index (χ1) is 35.9. The van der Waals surface area contributed by atoms with Crippen molar-refractivity contribution in [2.75, 3.05) is 14.7 Å². The van der Waals surface area contributed by atoms with Crippen LogP contribution >= 0.6 is 0 Å². The second kappa shape index (κ2) is 17.0. The zero-order valence-corrected chi connectivity index (χ0v) is 50.2. The van der Waals surface area contributed by atoms with E-state index >= 15 is 0 Å². The molecule has 0 bridgehead atoms. The fraction of sp³-hybridized carbons (Fsp3) is 0.425. The van der Waals surface area contributed by atoms with Gasteiger partial charge in [-0.05, 0) is 215 Å². The Balaban J connectivity index is 1.23. The second-order valence-electron chi connectivity index (χ2n) is 31.0. The van der Waals surface area contributed by atoms with Crippen molar-refractivity contribution >= 4 is 74.3 Å². The van der Waals surface area contributed by atoms with Gasteiger partial charge in [-0.15, -0.1) is 0 Å². The zero-order valence-electron chi connectivity index (χ0n) is 50.2. The van der Waals surface area contributed by atoms with Crippen molar-refractivity contribution in [1.29, 1.82) is 0 Å². The highest BCUT2D eigenvalue weighted by Gasteiger charge is 2.48. The maximum atomic E-state index is 2.77. The van der Waals surface area contributed by atoms with Gasteiger partial charge in [0.1, 0.15) is 0 Å². The van der Waals surface area contributed by atoms with Gasteiger partial charge in [-0.25, -0.2) is 0 Å². The van der Waals surface area contributed by atoms with E-state index in [4.69, 9.17) is 0 Å². The Hall–Kier alpha value is -6.00. The summed E-state index contributed by atoms with van der Waals surface area (Å²) in [6.07, 6.45) is 6.47. The Morgan fingerprint density at radius 1 is 0.377 bits per heavy atom. The maximum absolute atomic E-state index is 2.77. The van der Waals surface area contributed by atoms with E-state index in [1.165, 1.54) is 123 Å². The van der Waals surface area contributed by atoms with Gasteiger partial charge in [0.15, 0.2) is 0 Å². The Bertz CT molecular complexity index is 3560. The van der Waals surface area contributed by atoms with E-state index in [0.717, 1.165) is 38.5 Å². The lowest BCUT2D eigenvalue weighted by molar-refractivity contribution is 0.392. The first kappa shape index (κ1) is 51.7. The van der Waals surface area contributed by atoms with Crippen LogP contribution < -0.4 is 31.1 Å². The molecule has 0 saturated carbocycles. The Morgan fingerprint density at radius 2 is 0.857 bits per heavy atom. The molecule has 77 heavy (non-hydrogen) atoms. The van der Waals surface area contributed by atoms with Gasteiger partial charge in [0.2, 0.25) is 0 Å². The van der Waals surface area contributed by atoms with Crippen molar-refractivity contribution in [3.8, 4) is 0 Å². The summed E-state index contributed by atoms with van der Waals surface area (Å²) in [6.45, 7) is 43.4. The van der Waals surface area contributed by atoms with Crippen LogP contribution in [0.25, 0.3) is 0 Å². The van der Waals surface area contributed by atoms with Gasteiger partial charge in [0.05, 0.1) is 0 Å². The molecule has 3 nitrogen and oxygen atoms in total. The van der Waals surface area contributed by atoms with Gasteiger partial charge in [0, 0.05) is 51.2 Å². The van der Waals surface area contributed by atoms with E-state index in [0.29, 0.717) is 0 Å². The molecular formula is C73H86BN3. The van der Waals surface area contributed by atoms with E-state index in [9.17, 15) is 0 Å². The molecule has 7 aromatic carbocycles. The molecule has 4 heteroatoms. The molecule has 0 unspecified atom stereocenters. The van der Waals surface area contributed by atoms with Crippen LogP contribution in [-0.4, -0.2) is 6.71 Å². The van der Waals surface area contributed by atoms with Gasteiger partial charge in [-0.1, -0.05) is 179 Å². The minimum atomic E-state index is -0.224. The van der Waals surface area contributed by atoms with Crippen molar-refractivity contribution in [1.82, 2.24) is 0 Å². The lowest BCUT2D eigenvalue weighted by Gasteiger charge is -2.47. The van der Waals surface area contributed by atoms with E-state index in [1.807, 2.05) is 0 Å². The minimum Gasteiger partial charge on any atom is -0.311 e. The summed E-state index contributed by atoms with van der Waals surface area (Å²) in [4.78, 5) is 8.17. The van der Waals surface area contributed by atoms with Gasteiger partial charge in [-0.2, -0.15) is 0 Å². The molecule has 0 atom stereocenters. The molecule has 3 aliphatic carbocycles. The lowest BCUT2D eigenvalue weighted by atomic mass is 9.33. The van der Waals surface area contributed by atoms with E-state index in [1.54, 1.807) is 0 Å². The molecule has 0 aromatic heterocycles. The number of rotatable bonds is 5. The third kappa shape index (κ3) is 8.78. The Labute approximate surface area is 464 Å². The van der Waals surface area contributed by atoms with E-state index in [-0.39, 0.29) is 44.6 Å². The van der Waals surface area contributed by atoms with Crippen LogP contribution in [0.5, 0.6) is 0 Å². The SMILES string of the molecule is CC1(C)Cc2ccc(N(c3cccc(C(C)(C)C)c3)c3cc4c(cc3C(C)(C)C)N(c3cccc5c3CC(C)(C)C5)c3cc(C(C)(C)C)cc5c3B4c3ccc(C(C)(C)C)cc3N5c3cccc4c3CC(C)(C)C4)cc2C1. The van der Waals surface area contributed by atoms with Crippen molar-refractivity contribution in [2.24, 2.45) is 16.2 Å². The van der Waals surface area contributed by atoms with Crippen LogP contribution in [0.3, 0.4) is 0 Å². The van der Waals surface area contributed by atoms with Crippen molar-refractivity contribution in [2.45, 2.75) is 185 Å². The van der Waals surface area contributed by atoms with E-state index in [2.05, 4.69) is 261 Å². The normalized spacial score (nSPS) is 17.7. The fourth-order valence-corrected chi connectivity index (χ4v) is 14.5. The lowest BCUT2D eigenvalue weighted by Crippen LogP contribution is -2.61. The average molecular weight is 1020 g/mol. The van der Waals surface area contributed by atoms with E-state index < -0.39 is 0 Å². The monoisotopic (exact) mass is 1020 g/mol. The smallest absolute Gasteiger partial charge is 0.252 e. The number of nitrogens with zero attached hydrogens (tertiary/aromatic N) is 3. The standard InChI is InChI=1S/C73H86BN3/c1-67(2,3)49-24-21-25-52(33-49)75(53-30-28-45-39-71(13,14)42-48(45)32-53)61-38-58-63(37-56(61)70(10,11)12)77(60-27-20-23-47-41-73(17,18)44-55(47)60)65-36-51(69(7,8)9)35-64-66(65)74(58)57-31-29-50(68(4,5)6)34-62(57)76(64)59-26-19-22-46-40-72(15,16)43-54(46)59/h19-38H,39-44H2,1-18H3. The first-order valence-corrected chi connectivity index (χ1v) is 29.2. The zero-order chi connectivity index (χ0) is 54.9. The largest absolute Gasteiger partial charge is 0.311 e. The fourth-order valence-electron chi connectivity index (χ4n) is 14.5. The van der Waals surface area contributed by atoms with Gasteiger partial charge in [-0.3, -0.25) is 0 Å². The summed E-state index contributed by atoms with van der Waals surface area (Å²) in [7, 11) is 0. The highest BCUT2D eigenvalue weighted by atomic mass is 15.2. The molecule has 5 aliphatic rings. The number of fused-ring (bicyclic) bond motifs is 7. The van der Waals surface area contributed by atoms with Crippen molar-refractivity contribution < 1.29 is 0 Å². The molecule has 0 fully saturated rings. The summed E-state index contributed by atoms with van der Waals surface area (Å²) >= 11 is 0. The molecule has 2 aliphatic heterocycles. The maximum Gasteiger partial charge on any atom is 0.252 e. The van der Waals surface area contributed by atoms with Crippen LogP contribution in [0.15, 0.2) is 121 Å². The molecule has 0 amide bonds. The number of hydrogen-bond acceptors (Lipinski definition) is 3. The van der Waals surface area contributed by atoms with Crippen LogP contribution in [0, 0.1) is 16.2 Å². The molecular weight excluding hydrogens is 930 g/mol. The van der Waals surface area contributed by atoms with Crippen LogP contribution in [0.1, 0.15) is 180 Å². The van der Waals surface area contributed by atoms with Gasteiger partial charge >= 0.3 is 0 Å². The third-order valence-corrected chi connectivity index (χ3v) is 18.4. The molecule has 7 aromatic rings. The summed E-state index contributed by atoms with van der Waals surface area (Å²) in [5.74, 6) is 0. The summed E-state index contributed by atoms with van der Waals surface area (Å²) in [5.41, 5.74) is 30.2. The van der Waals surface area contributed by atoms with Gasteiger partial charge in [0.25, 0.3) is 6.71 Å². The Kier molecular flexibility index (Phi) is 11.4. The van der Waals surface area contributed by atoms with Crippen LogP contribution in [0.2, 0.25) is 0 Å². The Morgan fingerprint density at radius 3 is 1.42 bits per heavy atom. The number of benzene rings is 7. The highest BCUT2D eigenvalue weighted by molar-refractivity contribution is 7.00. The van der Waals surface area contributed by atoms with Crippen molar-refractivity contribution in [3.63, 3.8) is 0 Å². The average Bonchev–Trinajstić information content (AvgIpc) is 4.11. The summed E-state index contributed by atoms with van der Waals surface area (Å²) < 4.78 is 0. The van der Waals surface area contributed by atoms with Crippen LogP contribution in [0.4, 0.5) is 51.2 Å². The molecule has 0 spiro atoms. The molecule has 0 N–H and O–H groups in total. The summed E-state index contributed by atoms with van der Waals surface area (Å²) in [5, 5.41) is 0. The number of anilines is 9. The van der Waals surface area contributed by atoms with Gasteiger partial charge < -0.3 is 14.7 Å². The summed E-state index contributed by atoms with van der Waals surface area (Å²) in [6, 6.07) is 49.5. The highest BCUT2D eigenvalue weighted by Crippen LogP contribution is 2.54. The van der Waals surface area contributed by atoms with Crippen molar-refractivity contribution in [3.05, 3.63) is 177 Å². The molecule has 396 valence electrons. The third-order valence-electron chi connectivity index (χ3n) is 18.4. The predicted molar refractivity (Wildman–Crippen MR) is 334 cm³/mol. The topological polar surface area (TPSA) is 9.72 Å². The molecule has 12 rings (SSSR count). The molecule has 2 heterocycles. The number of hydrogen-bond donors (Lipinski definition) is 0. The van der Waals surface area contributed by atoms with Crippen LogP contribution in [-0.2, 0) is 60.2 Å². The quantitative estimate of drug-likeness (QED) is 0.159. The molecule has 0 radical (unpaired) electrons. The second-order valence-corrected chi connectivity index (χ2v) is 31.0. The minimum absolute atomic E-state index is 0.0262. The molecule has 0 saturated heterocycles.